The molecule has 0 heterocycles. The van der Waals surface area contributed by atoms with Crippen LogP contribution in [0, 0.1) is 0 Å². The largest absolute Gasteiger partial charge is 0.468 e. The number of hydrogen-bond donors (Lipinski definition) is 1. The summed E-state index contributed by atoms with van der Waals surface area (Å²) in [6, 6.07) is 7.68. The zero-order chi connectivity index (χ0) is 12.5. The Balaban J connectivity index is 2.42. The molecule has 0 saturated heterocycles. The third-order valence-corrected chi connectivity index (χ3v) is 2.55. The van der Waals surface area contributed by atoms with Crippen molar-refractivity contribution in [1.82, 2.24) is 0 Å². The Bertz CT molecular complexity index is 338. The average molecular weight is 253 g/mol. The van der Waals surface area contributed by atoms with Crippen LogP contribution in [0.2, 0.25) is 0 Å². The van der Waals surface area contributed by atoms with Crippen LogP contribution in [0.5, 0.6) is 5.75 Å². The Morgan fingerprint density at radius 2 is 2.00 bits per heavy atom. The normalized spacial score (nSPS) is 10.0. The van der Waals surface area contributed by atoms with Gasteiger partial charge in [-0.3, -0.25) is 0 Å². The SMILES string of the molecule is CCCCC(=S)Nc1ccc(OCOC)cc1. The third kappa shape index (κ3) is 5.65. The van der Waals surface area contributed by atoms with E-state index in [2.05, 4.69) is 12.2 Å². The molecule has 0 amide bonds. The summed E-state index contributed by atoms with van der Waals surface area (Å²) in [6.07, 6.45) is 3.22. The van der Waals surface area contributed by atoms with Crippen LogP contribution >= 0.6 is 12.2 Å². The predicted molar refractivity (Wildman–Crippen MR) is 74.7 cm³/mol. The lowest BCUT2D eigenvalue weighted by atomic mass is 10.2. The minimum absolute atomic E-state index is 0.266. The molecule has 1 aromatic carbocycles. The molecule has 4 heteroatoms. The summed E-state index contributed by atoms with van der Waals surface area (Å²) in [5.74, 6) is 0.789. The predicted octanol–water partition coefficient (Wildman–Crippen LogP) is 3.60. The van der Waals surface area contributed by atoms with E-state index in [4.69, 9.17) is 21.7 Å². The van der Waals surface area contributed by atoms with Gasteiger partial charge in [0.25, 0.3) is 0 Å². The molecule has 3 nitrogen and oxygen atoms in total. The highest BCUT2D eigenvalue weighted by molar-refractivity contribution is 7.80. The number of anilines is 1. The van der Waals surface area contributed by atoms with Crippen LogP contribution in [-0.2, 0) is 4.74 Å². The number of thiocarbonyl (C=S) groups is 1. The summed E-state index contributed by atoms with van der Waals surface area (Å²) in [5.41, 5.74) is 0.996. The second-order valence-corrected chi connectivity index (χ2v) is 4.22. The highest BCUT2D eigenvalue weighted by Gasteiger charge is 1.98. The van der Waals surface area contributed by atoms with Gasteiger partial charge in [-0.15, -0.1) is 0 Å². The fourth-order valence-corrected chi connectivity index (χ4v) is 1.58. The summed E-state index contributed by atoms with van der Waals surface area (Å²) < 4.78 is 10.1. The van der Waals surface area contributed by atoms with Gasteiger partial charge in [-0.25, -0.2) is 0 Å². The van der Waals surface area contributed by atoms with Crippen molar-refractivity contribution in [3.05, 3.63) is 24.3 Å². The molecule has 0 saturated carbocycles. The van der Waals surface area contributed by atoms with Crippen molar-refractivity contribution >= 4 is 22.9 Å². The van der Waals surface area contributed by atoms with Gasteiger partial charge in [0.2, 0.25) is 0 Å². The summed E-state index contributed by atoms with van der Waals surface area (Å²) in [4.78, 5) is 0.886. The average Bonchev–Trinajstić information content (AvgIpc) is 2.35. The van der Waals surface area contributed by atoms with E-state index in [1.54, 1.807) is 7.11 Å². The van der Waals surface area contributed by atoms with Crippen molar-refractivity contribution in [2.45, 2.75) is 26.2 Å². The van der Waals surface area contributed by atoms with E-state index < -0.39 is 0 Å². The van der Waals surface area contributed by atoms with Crippen LogP contribution in [0.15, 0.2) is 24.3 Å². The lowest BCUT2D eigenvalue weighted by Gasteiger charge is -2.09. The third-order valence-electron chi connectivity index (χ3n) is 2.24. The maximum atomic E-state index is 5.30. The van der Waals surface area contributed by atoms with Crippen molar-refractivity contribution in [2.24, 2.45) is 0 Å². The second kappa shape index (κ2) is 8.03. The molecule has 0 radical (unpaired) electrons. The Morgan fingerprint density at radius 1 is 1.29 bits per heavy atom. The maximum Gasteiger partial charge on any atom is 0.188 e. The van der Waals surface area contributed by atoms with Gasteiger partial charge < -0.3 is 14.8 Å². The molecular formula is C13H19NO2S. The van der Waals surface area contributed by atoms with Crippen LogP contribution < -0.4 is 10.1 Å². The molecule has 0 aliphatic heterocycles. The van der Waals surface area contributed by atoms with E-state index in [0.29, 0.717) is 0 Å². The molecule has 1 rings (SSSR count). The summed E-state index contributed by atoms with van der Waals surface area (Å²) in [6.45, 7) is 2.42. The van der Waals surface area contributed by atoms with Gasteiger partial charge in [-0.05, 0) is 37.1 Å². The zero-order valence-electron chi connectivity index (χ0n) is 10.4. The number of ether oxygens (including phenoxy) is 2. The Kier molecular flexibility index (Phi) is 6.58. The van der Waals surface area contributed by atoms with E-state index >= 15 is 0 Å². The standard InChI is InChI=1S/C13H19NO2S/c1-3-4-5-13(17)14-11-6-8-12(9-7-11)16-10-15-2/h6-9H,3-5,10H2,1-2H3,(H,14,17). The number of benzene rings is 1. The fraction of sp³-hybridized carbons (Fsp3) is 0.462. The Hall–Kier alpha value is -1.13. The smallest absolute Gasteiger partial charge is 0.188 e. The summed E-state index contributed by atoms with van der Waals surface area (Å²) >= 11 is 5.24. The van der Waals surface area contributed by atoms with Crippen LogP contribution in [0.1, 0.15) is 26.2 Å². The van der Waals surface area contributed by atoms with E-state index in [1.807, 2.05) is 24.3 Å². The molecule has 0 unspecified atom stereocenters. The van der Waals surface area contributed by atoms with Crippen molar-refractivity contribution in [2.75, 3.05) is 19.2 Å². The van der Waals surface area contributed by atoms with E-state index in [0.717, 1.165) is 35.7 Å². The van der Waals surface area contributed by atoms with Crippen LogP contribution in [0.4, 0.5) is 5.69 Å². The minimum atomic E-state index is 0.266. The molecule has 0 aliphatic carbocycles. The maximum absolute atomic E-state index is 5.30. The molecule has 0 atom stereocenters. The van der Waals surface area contributed by atoms with Gasteiger partial charge >= 0.3 is 0 Å². The Morgan fingerprint density at radius 3 is 2.59 bits per heavy atom. The molecule has 0 fully saturated rings. The van der Waals surface area contributed by atoms with Gasteiger partial charge in [0.05, 0.1) is 4.99 Å². The minimum Gasteiger partial charge on any atom is -0.468 e. The number of nitrogens with one attached hydrogen (secondary N) is 1. The fourth-order valence-electron chi connectivity index (χ4n) is 1.32. The molecule has 0 aliphatic rings. The second-order valence-electron chi connectivity index (χ2n) is 3.73. The molecule has 0 bridgehead atoms. The lowest BCUT2D eigenvalue weighted by Crippen LogP contribution is -2.08. The first kappa shape index (κ1) is 13.9. The zero-order valence-corrected chi connectivity index (χ0v) is 11.2. The molecular weight excluding hydrogens is 234 g/mol. The van der Waals surface area contributed by atoms with Crippen molar-refractivity contribution < 1.29 is 9.47 Å². The first-order chi connectivity index (χ1) is 8.26. The van der Waals surface area contributed by atoms with Gasteiger partial charge in [-0.1, -0.05) is 25.6 Å². The molecule has 17 heavy (non-hydrogen) atoms. The summed E-state index contributed by atoms with van der Waals surface area (Å²) in [7, 11) is 1.60. The van der Waals surface area contributed by atoms with E-state index in [-0.39, 0.29) is 6.79 Å². The molecule has 0 spiro atoms. The number of methoxy groups -OCH3 is 1. The molecule has 94 valence electrons. The lowest BCUT2D eigenvalue weighted by molar-refractivity contribution is 0.0511. The van der Waals surface area contributed by atoms with Crippen LogP contribution in [0.25, 0.3) is 0 Å². The molecule has 0 aromatic heterocycles. The first-order valence-corrected chi connectivity index (χ1v) is 6.18. The van der Waals surface area contributed by atoms with E-state index in [1.165, 1.54) is 0 Å². The topological polar surface area (TPSA) is 30.5 Å². The first-order valence-electron chi connectivity index (χ1n) is 5.78. The number of rotatable bonds is 7. The van der Waals surface area contributed by atoms with E-state index in [9.17, 15) is 0 Å². The highest BCUT2D eigenvalue weighted by atomic mass is 32.1. The van der Waals surface area contributed by atoms with Gasteiger partial charge in [-0.2, -0.15) is 0 Å². The monoisotopic (exact) mass is 253 g/mol. The summed E-state index contributed by atoms with van der Waals surface area (Å²) in [5, 5.41) is 3.20. The molecule has 1 N–H and O–H groups in total. The van der Waals surface area contributed by atoms with Crippen molar-refractivity contribution in [1.29, 1.82) is 0 Å². The van der Waals surface area contributed by atoms with Crippen LogP contribution in [-0.4, -0.2) is 18.9 Å². The van der Waals surface area contributed by atoms with Crippen molar-refractivity contribution in [3.63, 3.8) is 0 Å². The van der Waals surface area contributed by atoms with Gasteiger partial charge in [0.15, 0.2) is 6.79 Å². The van der Waals surface area contributed by atoms with Gasteiger partial charge in [0.1, 0.15) is 5.75 Å². The number of unbranched alkanes of at least 4 members (excludes halogenated alkanes) is 1. The quantitative estimate of drug-likeness (QED) is 0.594. The molecule has 1 aromatic rings. The highest BCUT2D eigenvalue weighted by Crippen LogP contribution is 2.16. The Labute approximate surface area is 108 Å². The van der Waals surface area contributed by atoms with Crippen LogP contribution in [0.3, 0.4) is 0 Å². The number of hydrogen-bond acceptors (Lipinski definition) is 3. The van der Waals surface area contributed by atoms with Crippen molar-refractivity contribution in [3.8, 4) is 5.75 Å². The van der Waals surface area contributed by atoms with Gasteiger partial charge in [0, 0.05) is 12.8 Å².